The van der Waals surface area contributed by atoms with Crippen LogP contribution in [-0.2, 0) is 12.6 Å². The van der Waals surface area contributed by atoms with Crippen molar-refractivity contribution in [1.82, 2.24) is 30.0 Å². The number of hydrogen-bond acceptors (Lipinski definition) is 9. The minimum atomic E-state index is -1.03. The summed E-state index contributed by atoms with van der Waals surface area (Å²) in [5.41, 5.74) is 6.06. The summed E-state index contributed by atoms with van der Waals surface area (Å²) in [6.07, 6.45) is 8.00. The third kappa shape index (κ3) is 5.43. The van der Waals surface area contributed by atoms with Crippen molar-refractivity contribution in [3.8, 4) is 0 Å². The average Bonchev–Trinajstić information content (AvgIpc) is 3.24. The maximum Gasteiger partial charge on any atom is 0.271 e. The number of nitrogens with one attached hydrogen (secondary N) is 2. The first-order valence-electron chi connectivity index (χ1n) is 11.7. The summed E-state index contributed by atoms with van der Waals surface area (Å²) in [6.45, 7) is 6.05. The number of rotatable bonds is 7. The summed E-state index contributed by atoms with van der Waals surface area (Å²) in [5.74, 6) is -0.182. The summed E-state index contributed by atoms with van der Waals surface area (Å²) >= 11 is 0. The van der Waals surface area contributed by atoms with E-state index in [1.54, 1.807) is 50.1 Å². The molecule has 0 saturated carbocycles. The van der Waals surface area contributed by atoms with Gasteiger partial charge in [-0.05, 0) is 39.7 Å². The SMILES string of the molecule is C[C@@H]1[C@H](NC(=O)c2ccc(C(C)(C)O)cn2)CCCN1c1cnc(C(N)=O)c(Nc2cnn(C)c2)n1. The molecule has 4 rings (SSSR count). The lowest BCUT2D eigenvalue weighted by Gasteiger charge is -2.40. The first-order valence-corrected chi connectivity index (χ1v) is 11.7. The lowest BCUT2D eigenvalue weighted by molar-refractivity contribution is 0.0778. The molecule has 0 aromatic carbocycles. The van der Waals surface area contributed by atoms with Gasteiger partial charge in [-0.1, -0.05) is 6.07 Å². The summed E-state index contributed by atoms with van der Waals surface area (Å²) in [5, 5.41) is 20.4. The maximum atomic E-state index is 12.9. The molecule has 4 heterocycles. The van der Waals surface area contributed by atoms with Gasteiger partial charge in [-0.2, -0.15) is 5.10 Å². The first kappa shape index (κ1) is 25.0. The zero-order valence-corrected chi connectivity index (χ0v) is 20.8. The molecule has 0 aliphatic carbocycles. The van der Waals surface area contributed by atoms with E-state index in [9.17, 15) is 14.7 Å². The van der Waals surface area contributed by atoms with Crippen LogP contribution >= 0.6 is 0 Å². The fourth-order valence-electron chi connectivity index (χ4n) is 4.20. The number of anilines is 3. The van der Waals surface area contributed by atoms with Crippen LogP contribution in [0.4, 0.5) is 17.3 Å². The Bertz CT molecular complexity index is 1250. The van der Waals surface area contributed by atoms with E-state index in [2.05, 4.69) is 30.7 Å². The Kier molecular flexibility index (Phi) is 6.88. The van der Waals surface area contributed by atoms with Gasteiger partial charge in [-0.15, -0.1) is 0 Å². The van der Waals surface area contributed by atoms with Crippen molar-refractivity contribution in [3.05, 3.63) is 53.9 Å². The van der Waals surface area contributed by atoms with E-state index >= 15 is 0 Å². The Labute approximate surface area is 209 Å². The second-order valence-electron chi connectivity index (χ2n) is 9.46. The zero-order valence-electron chi connectivity index (χ0n) is 20.8. The average molecular weight is 494 g/mol. The number of amides is 2. The molecule has 0 unspecified atom stereocenters. The topological polar surface area (TPSA) is 164 Å². The first-order chi connectivity index (χ1) is 17.0. The minimum absolute atomic E-state index is 0.0256. The van der Waals surface area contributed by atoms with Crippen LogP contribution < -0.4 is 21.3 Å². The number of carbonyl (C=O) groups excluding carboxylic acids is 2. The molecule has 12 heteroatoms. The highest BCUT2D eigenvalue weighted by Crippen LogP contribution is 2.27. The highest BCUT2D eigenvalue weighted by atomic mass is 16.3. The Morgan fingerprint density at radius 3 is 2.58 bits per heavy atom. The van der Waals surface area contributed by atoms with Crippen LogP contribution in [0.2, 0.25) is 0 Å². The Morgan fingerprint density at radius 2 is 1.97 bits per heavy atom. The number of hydrogen-bond donors (Lipinski definition) is 4. The molecule has 1 aliphatic heterocycles. The number of nitrogens with zero attached hydrogens (tertiary/aromatic N) is 6. The van der Waals surface area contributed by atoms with E-state index in [1.807, 2.05) is 11.8 Å². The quantitative estimate of drug-likeness (QED) is 0.381. The summed E-state index contributed by atoms with van der Waals surface area (Å²) in [7, 11) is 1.78. The molecule has 1 fully saturated rings. The molecule has 2 atom stereocenters. The van der Waals surface area contributed by atoms with Gasteiger partial charge < -0.3 is 26.4 Å². The Balaban J connectivity index is 1.51. The highest BCUT2D eigenvalue weighted by molar-refractivity contribution is 5.96. The van der Waals surface area contributed by atoms with Crippen molar-refractivity contribution >= 4 is 29.1 Å². The molecule has 3 aromatic rings. The van der Waals surface area contributed by atoms with Gasteiger partial charge in [0.2, 0.25) is 0 Å². The Morgan fingerprint density at radius 1 is 1.19 bits per heavy atom. The van der Waals surface area contributed by atoms with Gasteiger partial charge in [0.25, 0.3) is 11.8 Å². The molecular formula is C24H31N9O3. The lowest BCUT2D eigenvalue weighted by Crippen LogP contribution is -2.54. The fourth-order valence-corrected chi connectivity index (χ4v) is 4.20. The van der Waals surface area contributed by atoms with Gasteiger partial charge in [-0.25, -0.2) is 9.97 Å². The molecule has 36 heavy (non-hydrogen) atoms. The normalized spacial score (nSPS) is 18.1. The second-order valence-corrected chi connectivity index (χ2v) is 9.46. The molecule has 5 N–H and O–H groups in total. The maximum absolute atomic E-state index is 12.9. The molecule has 0 bridgehead atoms. The summed E-state index contributed by atoms with van der Waals surface area (Å²) < 4.78 is 1.62. The molecule has 190 valence electrons. The second kappa shape index (κ2) is 9.90. The van der Waals surface area contributed by atoms with Crippen LogP contribution in [0.25, 0.3) is 0 Å². The van der Waals surface area contributed by atoms with Crippen LogP contribution in [-0.4, -0.2) is 60.3 Å². The predicted octanol–water partition coefficient (Wildman–Crippen LogP) is 1.46. The lowest BCUT2D eigenvalue weighted by atomic mass is 9.97. The van der Waals surface area contributed by atoms with Crippen LogP contribution in [0.5, 0.6) is 0 Å². The van der Waals surface area contributed by atoms with Gasteiger partial charge in [-0.3, -0.25) is 19.3 Å². The molecule has 1 saturated heterocycles. The van der Waals surface area contributed by atoms with E-state index in [4.69, 9.17) is 5.73 Å². The van der Waals surface area contributed by atoms with E-state index in [1.165, 1.54) is 12.4 Å². The highest BCUT2D eigenvalue weighted by Gasteiger charge is 2.31. The van der Waals surface area contributed by atoms with Crippen molar-refractivity contribution in [3.63, 3.8) is 0 Å². The molecular weight excluding hydrogens is 462 g/mol. The standard InChI is InChI=1S/C24H31N9O3/c1-14-17(30-23(35)18-8-7-15(10-26-18)24(2,3)36)6-5-9-33(14)19-12-27-20(21(25)34)22(31-19)29-16-11-28-32(4)13-16/h7-8,10-14,17,36H,5-6,9H2,1-4H3,(H2,25,34)(H,29,31)(H,30,35)/t14-,17-/m1/s1. The predicted molar refractivity (Wildman–Crippen MR) is 134 cm³/mol. The smallest absolute Gasteiger partial charge is 0.271 e. The van der Waals surface area contributed by atoms with Crippen LogP contribution in [0.15, 0.2) is 36.9 Å². The van der Waals surface area contributed by atoms with E-state index in [-0.39, 0.29) is 35.2 Å². The third-order valence-corrected chi connectivity index (χ3v) is 6.26. The number of aliphatic hydroxyl groups is 1. The molecule has 1 aliphatic rings. The van der Waals surface area contributed by atoms with Crippen molar-refractivity contribution < 1.29 is 14.7 Å². The summed E-state index contributed by atoms with van der Waals surface area (Å²) in [4.78, 5) is 40.0. The van der Waals surface area contributed by atoms with E-state index in [0.29, 0.717) is 23.6 Å². The van der Waals surface area contributed by atoms with Crippen LogP contribution in [0.1, 0.15) is 60.2 Å². The zero-order chi connectivity index (χ0) is 26.0. The van der Waals surface area contributed by atoms with Crippen molar-refractivity contribution in [1.29, 1.82) is 0 Å². The van der Waals surface area contributed by atoms with Gasteiger partial charge in [0.1, 0.15) is 11.5 Å². The van der Waals surface area contributed by atoms with Crippen LogP contribution in [0.3, 0.4) is 0 Å². The molecule has 0 radical (unpaired) electrons. The number of aryl methyl sites for hydroxylation is 1. The summed E-state index contributed by atoms with van der Waals surface area (Å²) in [6, 6.07) is 3.05. The van der Waals surface area contributed by atoms with Crippen LogP contribution in [0, 0.1) is 0 Å². The van der Waals surface area contributed by atoms with Crippen molar-refractivity contribution in [2.45, 2.75) is 51.3 Å². The van der Waals surface area contributed by atoms with Crippen molar-refractivity contribution in [2.75, 3.05) is 16.8 Å². The number of carbonyl (C=O) groups is 2. The largest absolute Gasteiger partial charge is 0.386 e. The third-order valence-electron chi connectivity index (χ3n) is 6.26. The van der Waals surface area contributed by atoms with E-state index < -0.39 is 11.5 Å². The molecule has 3 aromatic heterocycles. The van der Waals surface area contributed by atoms with E-state index in [0.717, 1.165) is 12.8 Å². The number of aromatic nitrogens is 5. The molecule has 2 amide bonds. The minimum Gasteiger partial charge on any atom is -0.386 e. The number of primary amides is 1. The van der Waals surface area contributed by atoms with Gasteiger partial charge in [0, 0.05) is 43.6 Å². The monoisotopic (exact) mass is 493 g/mol. The van der Waals surface area contributed by atoms with Gasteiger partial charge in [0.05, 0.1) is 23.7 Å². The number of piperidine rings is 1. The molecule has 0 spiro atoms. The Hall–Kier alpha value is -4.06. The fraction of sp³-hybridized carbons (Fsp3) is 0.417. The van der Waals surface area contributed by atoms with Gasteiger partial charge in [0.15, 0.2) is 11.5 Å². The number of pyridine rings is 1. The number of nitrogens with two attached hydrogens (primary N) is 1. The van der Waals surface area contributed by atoms with Gasteiger partial charge >= 0.3 is 0 Å². The van der Waals surface area contributed by atoms with Crippen molar-refractivity contribution in [2.24, 2.45) is 12.8 Å². The molecule has 12 nitrogen and oxygen atoms in total.